The van der Waals surface area contributed by atoms with E-state index in [0.29, 0.717) is 54.4 Å². The Labute approximate surface area is 753 Å². The van der Waals surface area contributed by atoms with Gasteiger partial charge in [-0.15, -0.1) is 0 Å². The number of aliphatic hydroxyl groups is 1. The monoisotopic (exact) mass is 1730 g/mol. The number of aryl methyl sites for hydroxylation is 2. The van der Waals surface area contributed by atoms with Crippen molar-refractivity contribution in [2.75, 3.05) is 6.16 Å². The van der Waals surface area contributed by atoms with Crippen molar-refractivity contribution in [3.8, 4) is 11.5 Å². The Kier molecular flexibility index (Phi) is 56.7. The van der Waals surface area contributed by atoms with Crippen molar-refractivity contribution in [1.29, 1.82) is 0 Å². The summed E-state index contributed by atoms with van der Waals surface area (Å²) in [6.07, 6.45) is 78.6. The minimum absolute atomic E-state index is 0.0342. The van der Waals surface area contributed by atoms with Crippen molar-refractivity contribution in [3.63, 3.8) is 0 Å². The van der Waals surface area contributed by atoms with Crippen LogP contribution < -0.4 is 10.6 Å². The van der Waals surface area contributed by atoms with E-state index in [0.717, 1.165) is 159 Å². The van der Waals surface area contributed by atoms with E-state index in [9.17, 15) is 10.2 Å². The van der Waals surface area contributed by atoms with Gasteiger partial charge in [-0.2, -0.15) is 0 Å². The summed E-state index contributed by atoms with van der Waals surface area (Å²) in [6, 6.07) is 6.86. The van der Waals surface area contributed by atoms with Crippen LogP contribution in [0.15, 0.2) is 35.4 Å². The Morgan fingerprint density at radius 2 is 0.537 bits per heavy atom. The van der Waals surface area contributed by atoms with Crippen molar-refractivity contribution in [2.45, 2.75) is 603 Å². The fraction of sp³-hybridized carbons (Fsp3) is 0.874. The molecule has 8 nitrogen and oxygen atoms in total. The third-order valence-electron chi connectivity index (χ3n) is 29.7. The molecule has 0 fully saturated rings. The van der Waals surface area contributed by atoms with Crippen LogP contribution in [0.1, 0.15) is 589 Å². The number of unbranched alkanes of at least 4 members (excludes halogenated alkanes) is 60. The van der Waals surface area contributed by atoms with Crippen LogP contribution in [0.5, 0.6) is 11.5 Å². The molecule has 3 atom stereocenters. The molecule has 7 N–H and O–H groups in total. The molecule has 0 aromatic heterocycles. The molecule has 0 saturated carbocycles. The molecule has 1 aliphatic rings. The zero-order valence-electron chi connectivity index (χ0n) is 84.2. The zero-order valence-corrected chi connectivity index (χ0v) is 86.0. The van der Waals surface area contributed by atoms with Crippen LogP contribution in [-0.4, -0.2) is 52.3 Å². The quantitative estimate of drug-likeness (QED) is 0.0197. The van der Waals surface area contributed by atoms with Crippen molar-refractivity contribution < 1.29 is 39.2 Å². The number of hydrogen-bond acceptors (Lipinski definition) is 8. The molecule has 3 unspecified atom stereocenters. The second kappa shape index (κ2) is 60.4. The molecule has 0 heterocycles. The van der Waals surface area contributed by atoms with Gasteiger partial charge in [-0.3, -0.25) is 0 Å². The van der Waals surface area contributed by atoms with Crippen LogP contribution in [0.25, 0.3) is 0 Å². The molecule has 0 bridgehead atoms. The molecule has 2 aromatic carbocycles. The number of rotatable bonds is 77. The summed E-state index contributed by atoms with van der Waals surface area (Å²) in [4.78, 5) is 66.0. The number of phenols is 2. The van der Waals surface area contributed by atoms with Crippen molar-refractivity contribution >= 4 is 25.2 Å². The van der Waals surface area contributed by atoms with E-state index in [1.807, 2.05) is 55.4 Å². The van der Waals surface area contributed by atoms with E-state index in [-0.39, 0.29) is 28.3 Å². The average molecular weight is 1730 g/mol. The first-order valence-corrected chi connectivity index (χ1v) is 57.8. The summed E-state index contributed by atoms with van der Waals surface area (Å²) >= 11 is 0. The third kappa shape index (κ3) is 37.7. The predicted octanol–water partition coefficient (Wildman–Crippen LogP) is 36.1. The van der Waals surface area contributed by atoms with Crippen LogP contribution >= 0.6 is 14.6 Å². The Bertz CT molecular complexity index is 2900. The summed E-state index contributed by atoms with van der Waals surface area (Å²) in [7, 11) is -13.3. The van der Waals surface area contributed by atoms with Gasteiger partial charge in [0.1, 0.15) is 0 Å². The average Bonchev–Trinajstić information content (AvgIpc) is 0.643. The van der Waals surface area contributed by atoms with Gasteiger partial charge in [-0.05, 0) is 0 Å². The van der Waals surface area contributed by atoms with Gasteiger partial charge in [-0.25, -0.2) is 0 Å². The molecule has 10 heteroatoms. The van der Waals surface area contributed by atoms with Gasteiger partial charge < -0.3 is 0 Å². The molecule has 0 amide bonds. The summed E-state index contributed by atoms with van der Waals surface area (Å²) in [6.45, 7) is 39.2. The third-order valence-corrected chi connectivity index (χ3v) is 38.7. The topological polar surface area (TPSA) is 151 Å². The molecule has 0 saturated heterocycles. The molecule has 2 aromatic rings. The summed E-state index contributed by atoms with van der Waals surface area (Å²) in [5, 5.41) is 38.6. The Hall–Kier alpha value is -1.60. The molecular formula is C111H210O8P2. The van der Waals surface area contributed by atoms with Gasteiger partial charge in [0.25, 0.3) is 0 Å². The number of aromatic hydroxyl groups is 2. The fourth-order valence-electron chi connectivity index (χ4n) is 22.4. The molecule has 1 aliphatic carbocycles. The maximum absolute atomic E-state index is 17.1. The zero-order chi connectivity index (χ0) is 89.7. The standard InChI is InChI=1S/C111H210O8P2/c1-19-25-31-37-43-49-55-61-67-73-79-85-97-104(108(15,16)17)105(114)110(87-81-75-69-63-57-51-45-39-33-27-21-3,88-82-76-70-64-58-52-46-40-34-28-22-4)109(18,86-80-74-68-62-56-50-44-38-32-26-20-2)111(97,89-83-77-71-65-59-53-47-41-35-29-23-5)120(115,116,90-84-78-72-66-60-54-48-42-36-30-24-6)119-121(117,118,102-93-98(106(9,10)11)100(112)91-95(102)7)103-94-99(107(12,13)14)101(113)92-96(103)8/h91-94,105,112-118H,19-90H2,1-18H3. The Balaban J connectivity index is 2.94. The van der Waals surface area contributed by atoms with Gasteiger partial charge in [0.2, 0.25) is 0 Å². The van der Waals surface area contributed by atoms with E-state index in [1.54, 1.807) is 24.3 Å². The van der Waals surface area contributed by atoms with Crippen LogP contribution in [0, 0.1) is 30.1 Å². The molecule has 712 valence electrons. The summed E-state index contributed by atoms with van der Waals surface area (Å²) in [5.74, 6) is 0.0683. The first-order valence-electron chi connectivity index (χ1n) is 53.5. The van der Waals surface area contributed by atoms with Crippen LogP contribution in [0.3, 0.4) is 0 Å². The van der Waals surface area contributed by atoms with Gasteiger partial charge in [0.15, 0.2) is 0 Å². The Morgan fingerprint density at radius 3 is 0.793 bits per heavy atom. The van der Waals surface area contributed by atoms with E-state index < -0.39 is 52.9 Å². The summed E-state index contributed by atoms with van der Waals surface area (Å²) in [5.41, 5.74) is -0.322. The number of aliphatic hydroxyl groups excluding tert-OH is 1. The van der Waals surface area contributed by atoms with Crippen molar-refractivity contribution in [3.05, 3.63) is 57.7 Å². The second-order valence-electron chi connectivity index (χ2n) is 43.5. The van der Waals surface area contributed by atoms with Gasteiger partial charge >= 0.3 is 646 Å². The van der Waals surface area contributed by atoms with Gasteiger partial charge in [0.05, 0.1) is 0 Å². The normalized spacial score (nSPS) is 17.6. The molecule has 0 radical (unpaired) electrons. The van der Waals surface area contributed by atoms with Gasteiger partial charge in [0, 0.05) is 0 Å². The van der Waals surface area contributed by atoms with Crippen molar-refractivity contribution in [2.24, 2.45) is 16.2 Å². The molecule has 121 heavy (non-hydrogen) atoms. The van der Waals surface area contributed by atoms with Crippen LogP contribution in [0.4, 0.5) is 0 Å². The van der Waals surface area contributed by atoms with E-state index in [1.165, 1.54) is 276 Å². The second-order valence-corrected chi connectivity index (χ2v) is 50.5. The first kappa shape index (κ1) is 114. The first-order chi connectivity index (χ1) is 57.6. The fourth-order valence-corrected chi connectivity index (χ4v) is 32.9. The number of phenolic OH excluding ortho intramolecular Hbond substituents is 2. The van der Waals surface area contributed by atoms with Crippen molar-refractivity contribution in [1.82, 2.24) is 0 Å². The Morgan fingerprint density at radius 1 is 0.306 bits per heavy atom. The van der Waals surface area contributed by atoms with Crippen LogP contribution in [-0.2, 0) is 15.1 Å². The number of hydrogen-bond donors (Lipinski definition) is 7. The van der Waals surface area contributed by atoms with E-state index in [2.05, 4.69) is 69.2 Å². The SMILES string of the molecule is CCCCCCCCCCCCCC1=C(C(C)(C)C)C(O)C(CCCCCCCCCCCCC)(CCCCCCCCCCCCC)C(C)(CCCCCCCCCCCCC)C1(CCCCCCCCCCCCC)P(O)(O)(CCCCCCCCCCCCC)OP(O)(O)(c1cc(C(C)(C)C)c(O)cc1C)c1cc(C(C)(C)C)c(O)cc1C. The van der Waals surface area contributed by atoms with Crippen LogP contribution in [0.2, 0.25) is 0 Å². The minimum atomic E-state index is -6.67. The molecule has 0 aliphatic heterocycles. The van der Waals surface area contributed by atoms with E-state index >= 15 is 24.7 Å². The van der Waals surface area contributed by atoms with Gasteiger partial charge in [-0.1, -0.05) is 112 Å². The summed E-state index contributed by atoms with van der Waals surface area (Å²) < 4.78 is 8.49. The molecule has 3 rings (SSSR count). The molecule has 0 spiro atoms. The predicted molar refractivity (Wildman–Crippen MR) is 539 cm³/mol. The number of allylic oxidation sites excluding steroid dienone is 1. The number of benzene rings is 2. The molecular weight excluding hydrogens is 1520 g/mol. The van der Waals surface area contributed by atoms with E-state index in [4.69, 9.17) is 4.31 Å². The maximum atomic E-state index is 17.1.